The van der Waals surface area contributed by atoms with Gasteiger partial charge in [0.2, 0.25) is 11.8 Å². The highest BCUT2D eigenvalue weighted by atomic mass is 16.4. The van der Waals surface area contributed by atoms with Crippen molar-refractivity contribution in [1.82, 2.24) is 14.5 Å². The molecule has 1 fully saturated rings. The average molecular weight is 327 g/mol. The predicted molar refractivity (Wildman–Crippen MR) is 83.9 cm³/mol. The second-order valence-corrected chi connectivity index (χ2v) is 5.85. The summed E-state index contributed by atoms with van der Waals surface area (Å²) in [5.41, 5.74) is -0.755. The minimum atomic E-state index is -1.32. The van der Waals surface area contributed by atoms with Crippen molar-refractivity contribution in [3.63, 3.8) is 0 Å². The Morgan fingerprint density at radius 3 is 2.58 bits per heavy atom. The molecule has 0 radical (unpaired) electrons. The monoisotopic (exact) mass is 327 g/mol. The second-order valence-electron chi connectivity index (χ2n) is 5.85. The molecule has 2 heterocycles. The summed E-state index contributed by atoms with van der Waals surface area (Å²) in [6.45, 7) is 0.623. The second kappa shape index (κ2) is 6.27. The van der Waals surface area contributed by atoms with E-state index in [0.717, 1.165) is 4.90 Å². The molecule has 0 bridgehead atoms. The van der Waals surface area contributed by atoms with E-state index in [0.29, 0.717) is 12.1 Å². The normalized spacial score (nSPS) is 20.6. The third-order valence-corrected chi connectivity index (χ3v) is 4.33. The van der Waals surface area contributed by atoms with Gasteiger partial charge in [0, 0.05) is 31.9 Å². The Labute approximate surface area is 138 Å². The fraction of sp³-hybridized carbons (Fsp3) is 0.294. The van der Waals surface area contributed by atoms with Gasteiger partial charge in [-0.25, -0.2) is 4.98 Å². The number of nitrogens with zero attached hydrogens (tertiary/aromatic N) is 3. The molecule has 24 heavy (non-hydrogen) atoms. The van der Waals surface area contributed by atoms with Gasteiger partial charge in [-0.2, -0.15) is 0 Å². The quantitative estimate of drug-likeness (QED) is 0.801. The molecule has 2 amide bonds. The Morgan fingerprint density at radius 2 is 1.96 bits per heavy atom. The van der Waals surface area contributed by atoms with Gasteiger partial charge in [0.1, 0.15) is 0 Å². The van der Waals surface area contributed by atoms with Crippen LogP contribution in [-0.2, 0) is 26.3 Å². The molecule has 1 aromatic heterocycles. The number of likely N-dealkylation sites (tertiary alicyclic amines) is 1. The summed E-state index contributed by atoms with van der Waals surface area (Å²) in [6.07, 6.45) is 4.45. The van der Waals surface area contributed by atoms with Crippen LogP contribution in [0.15, 0.2) is 49.1 Å². The van der Waals surface area contributed by atoms with Gasteiger partial charge in [0.05, 0.1) is 18.2 Å². The van der Waals surface area contributed by atoms with E-state index in [9.17, 15) is 19.5 Å². The van der Waals surface area contributed by atoms with E-state index in [4.69, 9.17) is 0 Å². The highest BCUT2D eigenvalue weighted by molar-refractivity contribution is 6.10. The minimum absolute atomic E-state index is 0.119. The number of carbonyl (C=O) groups is 3. The topological polar surface area (TPSA) is 92.5 Å². The first-order chi connectivity index (χ1) is 11.5. The first-order valence-corrected chi connectivity index (χ1v) is 7.61. The number of carboxylic acids is 1. The zero-order valence-electron chi connectivity index (χ0n) is 13.0. The van der Waals surface area contributed by atoms with Crippen LogP contribution in [0, 0.1) is 0 Å². The smallest absolute Gasteiger partial charge is 0.304 e. The molecule has 1 N–H and O–H groups in total. The average Bonchev–Trinajstić information content (AvgIpc) is 3.15. The largest absolute Gasteiger partial charge is 0.481 e. The molecule has 124 valence electrons. The maximum Gasteiger partial charge on any atom is 0.304 e. The van der Waals surface area contributed by atoms with Crippen molar-refractivity contribution in [2.75, 3.05) is 6.54 Å². The number of aromatic nitrogens is 2. The summed E-state index contributed by atoms with van der Waals surface area (Å²) in [5, 5.41) is 9.28. The molecule has 1 saturated heterocycles. The number of hydrogen-bond donors (Lipinski definition) is 1. The Balaban J connectivity index is 1.89. The lowest BCUT2D eigenvalue weighted by Crippen LogP contribution is -2.41. The summed E-state index contributed by atoms with van der Waals surface area (Å²) >= 11 is 0. The van der Waals surface area contributed by atoms with Crippen LogP contribution in [0.1, 0.15) is 18.4 Å². The lowest BCUT2D eigenvalue weighted by atomic mass is 9.76. The molecular formula is C17H17N3O4. The molecule has 3 rings (SSSR count). The van der Waals surface area contributed by atoms with Crippen LogP contribution in [0.5, 0.6) is 0 Å². The van der Waals surface area contributed by atoms with Gasteiger partial charge < -0.3 is 9.67 Å². The lowest BCUT2D eigenvalue weighted by molar-refractivity contribution is -0.145. The molecule has 1 atom stereocenters. The molecular weight excluding hydrogens is 310 g/mol. The summed E-state index contributed by atoms with van der Waals surface area (Å²) in [7, 11) is 0. The number of rotatable bonds is 6. The summed E-state index contributed by atoms with van der Waals surface area (Å²) < 4.78 is 1.76. The highest BCUT2D eigenvalue weighted by Gasteiger charge is 2.53. The highest BCUT2D eigenvalue weighted by Crippen LogP contribution is 2.39. The zero-order chi connectivity index (χ0) is 17.2. The van der Waals surface area contributed by atoms with Crippen LogP contribution in [0.4, 0.5) is 0 Å². The Hall–Kier alpha value is -2.96. The molecule has 1 aliphatic heterocycles. The fourth-order valence-electron chi connectivity index (χ4n) is 3.14. The maximum atomic E-state index is 13.0. The number of aliphatic carboxylic acids is 1. The molecule has 0 unspecified atom stereocenters. The Morgan fingerprint density at radius 1 is 1.21 bits per heavy atom. The van der Waals surface area contributed by atoms with Gasteiger partial charge >= 0.3 is 5.97 Å². The van der Waals surface area contributed by atoms with Gasteiger partial charge in [0.25, 0.3) is 0 Å². The third kappa shape index (κ3) is 2.80. The zero-order valence-corrected chi connectivity index (χ0v) is 13.0. The number of benzene rings is 1. The summed E-state index contributed by atoms with van der Waals surface area (Å²) in [4.78, 5) is 41.8. The molecule has 7 heteroatoms. The van der Waals surface area contributed by atoms with Gasteiger partial charge in [-0.3, -0.25) is 19.3 Å². The minimum Gasteiger partial charge on any atom is -0.481 e. The molecule has 0 spiro atoms. The molecule has 1 aliphatic rings. The maximum absolute atomic E-state index is 13.0. The van der Waals surface area contributed by atoms with Crippen molar-refractivity contribution in [3.8, 4) is 0 Å². The number of amides is 2. The van der Waals surface area contributed by atoms with E-state index in [1.165, 1.54) is 0 Å². The number of carbonyl (C=O) groups excluding carboxylic acids is 2. The number of imide groups is 1. The van der Waals surface area contributed by atoms with Crippen LogP contribution >= 0.6 is 0 Å². The number of imidazole rings is 1. The van der Waals surface area contributed by atoms with Gasteiger partial charge in [-0.1, -0.05) is 30.3 Å². The standard InChI is InChI=1S/C17H17N3O4/c21-14-10-17(11-15(22)23,13-4-2-1-3-5-13)16(24)20(14)9-8-19-7-6-18-12-19/h1-7,12H,8-11H2,(H,22,23)/t17-/m1/s1. The van der Waals surface area contributed by atoms with Crippen LogP contribution < -0.4 is 0 Å². The molecule has 0 aliphatic carbocycles. The number of hydrogen-bond acceptors (Lipinski definition) is 4. The van der Waals surface area contributed by atoms with E-state index in [2.05, 4.69) is 4.98 Å². The van der Waals surface area contributed by atoms with E-state index in [-0.39, 0.29) is 18.9 Å². The van der Waals surface area contributed by atoms with Crippen molar-refractivity contribution in [2.45, 2.75) is 24.8 Å². The Kier molecular flexibility index (Phi) is 4.16. The van der Waals surface area contributed by atoms with Crippen molar-refractivity contribution >= 4 is 17.8 Å². The molecule has 0 saturated carbocycles. The van der Waals surface area contributed by atoms with Crippen molar-refractivity contribution in [3.05, 3.63) is 54.6 Å². The van der Waals surface area contributed by atoms with E-state index in [1.807, 2.05) is 0 Å². The fourth-order valence-corrected chi connectivity index (χ4v) is 3.14. The summed E-state index contributed by atoms with van der Waals surface area (Å²) in [5.74, 6) is -1.89. The van der Waals surface area contributed by atoms with E-state index < -0.39 is 23.7 Å². The van der Waals surface area contributed by atoms with Crippen LogP contribution in [0.25, 0.3) is 0 Å². The molecule has 2 aromatic rings. The van der Waals surface area contributed by atoms with E-state index in [1.54, 1.807) is 53.6 Å². The van der Waals surface area contributed by atoms with Crippen LogP contribution in [0.2, 0.25) is 0 Å². The van der Waals surface area contributed by atoms with Crippen molar-refractivity contribution < 1.29 is 19.5 Å². The van der Waals surface area contributed by atoms with E-state index >= 15 is 0 Å². The van der Waals surface area contributed by atoms with Crippen molar-refractivity contribution in [2.24, 2.45) is 0 Å². The van der Waals surface area contributed by atoms with Crippen LogP contribution in [-0.4, -0.2) is 43.9 Å². The first kappa shape index (κ1) is 15.9. The molecule has 1 aromatic carbocycles. The first-order valence-electron chi connectivity index (χ1n) is 7.61. The molecule has 7 nitrogen and oxygen atoms in total. The van der Waals surface area contributed by atoms with Gasteiger partial charge in [0.15, 0.2) is 0 Å². The number of carboxylic acid groups (broad SMARTS) is 1. The van der Waals surface area contributed by atoms with Crippen LogP contribution in [0.3, 0.4) is 0 Å². The van der Waals surface area contributed by atoms with Crippen molar-refractivity contribution in [1.29, 1.82) is 0 Å². The van der Waals surface area contributed by atoms with Gasteiger partial charge in [-0.05, 0) is 5.56 Å². The SMILES string of the molecule is O=C(O)C[C@@]1(c2ccccc2)CC(=O)N(CCn2ccnc2)C1=O. The van der Waals surface area contributed by atoms with Gasteiger partial charge in [-0.15, -0.1) is 0 Å². The lowest BCUT2D eigenvalue weighted by Gasteiger charge is -2.25. The summed E-state index contributed by atoms with van der Waals surface area (Å²) in [6, 6.07) is 8.67. The third-order valence-electron chi connectivity index (χ3n) is 4.33. The predicted octanol–water partition coefficient (Wildman–Crippen LogP) is 1.05. The Bertz CT molecular complexity index is 757.